The van der Waals surface area contributed by atoms with Crippen molar-refractivity contribution in [3.63, 3.8) is 0 Å². The molecule has 0 fully saturated rings. The molecule has 0 aliphatic carbocycles. The number of carbonyl (C=O) groups excluding carboxylic acids is 3. The van der Waals surface area contributed by atoms with E-state index in [2.05, 4.69) is 20.9 Å². The number of benzene rings is 1. The lowest BCUT2D eigenvalue weighted by molar-refractivity contribution is -0.146. The summed E-state index contributed by atoms with van der Waals surface area (Å²) in [6.45, 7) is 9.17. The third-order valence-electron chi connectivity index (χ3n) is 6.09. The molecular formula is C27H40N4O6. The summed E-state index contributed by atoms with van der Waals surface area (Å²) in [4.78, 5) is 53.6. The van der Waals surface area contributed by atoms with Crippen LogP contribution in [0.25, 0.3) is 10.9 Å². The molecule has 1 aromatic heterocycles. The van der Waals surface area contributed by atoms with E-state index in [-0.39, 0.29) is 18.3 Å². The summed E-state index contributed by atoms with van der Waals surface area (Å²) in [7, 11) is 1.26. The number of aliphatic carboxylic acids is 1. The van der Waals surface area contributed by atoms with Crippen molar-refractivity contribution in [1.82, 2.24) is 20.9 Å². The molecule has 204 valence electrons. The topological polar surface area (TPSA) is 150 Å². The summed E-state index contributed by atoms with van der Waals surface area (Å²) in [5, 5.41) is 18.8. The standard InChI is InChI=1S/C27H40N4O6/c1-15(2)11-21(24(32)31-23(12-16(3)4)27(36)37-6)30-25(33)22(29-17(5)26(34)35)13-18-14-28-20-10-8-7-9-19(18)20/h7-10,14-17,21-23,28-29H,11-13H2,1-6H3,(H,30,33)(H,31,32)(H,34,35)/t17?,21-,22-,23-/m0/s1. The van der Waals surface area contributed by atoms with Crippen molar-refractivity contribution in [2.45, 2.75) is 78.0 Å². The molecule has 0 aliphatic heterocycles. The normalized spacial score (nSPS) is 14.7. The highest BCUT2D eigenvalue weighted by molar-refractivity contribution is 5.93. The van der Waals surface area contributed by atoms with Crippen LogP contribution in [0.15, 0.2) is 30.5 Å². The first kappa shape index (κ1) is 29.8. The number of ether oxygens (including phenoxy) is 1. The first-order chi connectivity index (χ1) is 17.4. The number of aromatic nitrogens is 1. The van der Waals surface area contributed by atoms with Crippen LogP contribution in [0.5, 0.6) is 0 Å². The number of hydrogen-bond donors (Lipinski definition) is 5. The summed E-state index contributed by atoms with van der Waals surface area (Å²) in [6.07, 6.45) is 2.73. The first-order valence-corrected chi connectivity index (χ1v) is 12.6. The lowest BCUT2D eigenvalue weighted by Crippen LogP contribution is -2.57. The van der Waals surface area contributed by atoms with E-state index in [0.29, 0.717) is 12.8 Å². The van der Waals surface area contributed by atoms with E-state index >= 15 is 0 Å². The van der Waals surface area contributed by atoms with Crippen LogP contribution in [0.2, 0.25) is 0 Å². The smallest absolute Gasteiger partial charge is 0.328 e. The highest BCUT2D eigenvalue weighted by atomic mass is 16.5. The van der Waals surface area contributed by atoms with Crippen molar-refractivity contribution in [2.75, 3.05) is 7.11 Å². The molecule has 0 spiro atoms. The van der Waals surface area contributed by atoms with Gasteiger partial charge in [-0.05, 0) is 49.7 Å². The SMILES string of the molecule is COC(=O)[C@H](CC(C)C)NC(=O)[C@H](CC(C)C)NC(=O)[C@H](Cc1c[nH]c2ccccc12)NC(C)C(=O)O. The number of rotatable bonds is 14. The Kier molecular flexibility index (Phi) is 11.1. The molecule has 10 heteroatoms. The Hall–Kier alpha value is -3.40. The van der Waals surface area contributed by atoms with Crippen molar-refractivity contribution >= 4 is 34.7 Å². The Balaban J connectivity index is 2.27. The van der Waals surface area contributed by atoms with Crippen molar-refractivity contribution in [1.29, 1.82) is 0 Å². The number of esters is 1. The maximum Gasteiger partial charge on any atom is 0.328 e. The molecule has 1 heterocycles. The zero-order valence-electron chi connectivity index (χ0n) is 22.5. The summed E-state index contributed by atoms with van der Waals surface area (Å²) >= 11 is 0. The Morgan fingerprint density at radius 3 is 2.05 bits per heavy atom. The zero-order valence-corrected chi connectivity index (χ0v) is 22.5. The number of carboxylic acids is 1. The van der Waals surface area contributed by atoms with Crippen molar-refractivity contribution in [2.24, 2.45) is 11.8 Å². The second-order valence-corrected chi connectivity index (χ2v) is 10.2. The number of methoxy groups -OCH3 is 1. The minimum atomic E-state index is -1.09. The molecule has 0 bridgehead atoms. The van der Waals surface area contributed by atoms with E-state index in [1.807, 2.05) is 52.0 Å². The highest BCUT2D eigenvalue weighted by Gasteiger charge is 2.31. The quantitative estimate of drug-likeness (QED) is 0.242. The van der Waals surface area contributed by atoms with E-state index in [9.17, 15) is 24.3 Å². The summed E-state index contributed by atoms with van der Waals surface area (Å²) in [6, 6.07) is 3.96. The van der Waals surface area contributed by atoms with Gasteiger partial charge in [0.15, 0.2) is 0 Å². The monoisotopic (exact) mass is 516 g/mol. The summed E-state index contributed by atoms with van der Waals surface area (Å²) < 4.78 is 4.84. The predicted octanol–water partition coefficient (Wildman–Crippen LogP) is 2.38. The van der Waals surface area contributed by atoms with Crippen LogP contribution >= 0.6 is 0 Å². The van der Waals surface area contributed by atoms with Crippen LogP contribution < -0.4 is 16.0 Å². The molecule has 1 unspecified atom stereocenters. The summed E-state index contributed by atoms with van der Waals surface area (Å²) in [5.74, 6) is -2.44. The number of H-pyrrole nitrogens is 1. The fourth-order valence-corrected chi connectivity index (χ4v) is 4.20. The molecule has 4 atom stereocenters. The van der Waals surface area contributed by atoms with Crippen LogP contribution in [0.4, 0.5) is 0 Å². The van der Waals surface area contributed by atoms with Gasteiger partial charge in [-0.3, -0.25) is 19.7 Å². The van der Waals surface area contributed by atoms with Crippen LogP contribution in [-0.2, 0) is 30.3 Å². The first-order valence-electron chi connectivity index (χ1n) is 12.6. The largest absolute Gasteiger partial charge is 0.480 e. The fourth-order valence-electron chi connectivity index (χ4n) is 4.20. The van der Waals surface area contributed by atoms with Crippen LogP contribution in [0, 0.1) is 11.8 Å². The van der Waals surface area contributed by atoms with Crippen LogP contribution in [-0.4, -0.2) is 65.1 Å². The number of carbonyl (C=O) groups is 4. The van der Waals surface area contributed by atoms with Gasteiger partial charge < -0.3 is 25.5 Å². The predicted molar refractivity (Wildman–Crippen MR) is 141 cm³/mol. The minimum Gasteiger partial charge on any atom is -0.480 e. The van der Waals surface area contributed by atoms with Gasteiger partial charge in [-0.2, -0.15) is 0 Å². The number of para-hydroxylation sites is 1. The van der Waals surface area contributed by atoms with Crippen LogP contribution in [0.3, 0.4) is 0 Å². The van der Waals surface area contributed by atoms with Gasteiger partial charge in [0.2, 0.25) is 11.8 Å². The average Bonchev–Trinajstić information content (AvgIpc) is 3.24. The Bertz CT molecular complexity index is 1080. The third-order valence-corrected chi connectivity index (χ3v) is 6.09. The van der Waals surface area contributed by atoms with E-state index in [0.717, 1.165) is 16.5 Å². The van der Waals surface area contributed by atoms with Crippen LogP contribution in [0.1, 0.15) is 53.0 Å². The van der Waals surface area contributed by atoms with Gasteiger partial charge in [0.1, 0.15) is 18.1 Å². The van der Waals surface area contributed by atoms with Gasteiger partial charge in [0.25, 0.3) is 0 Å². The lowest BCUT2D eigenvalue weighted by Gasteiger charge is -2.27. The van der Waals surface area contributed by atoms with Gasteiger partial charge in [-0.1, -0.05) is 45.9 Å². The minimum absolute atomic E-state index is 0.0655. The zero-order chi connectivity index (χ0) is 27.7. The molecule has 2 aromatic rings. The van der Waals surface area contributed by atoms with Crippen molar-refractivity contribution < 1.29 is 29.0 Å². The average molecular weight is 517 g/mol. The molecule has 10 nitrogen and oxygen atoms in total. The van der Waals surface area contributed by atoms with E-state index in [4.69, 9.17) is 4.74 Å². The molecule has 0 saturated heterocycles. The molecule has 37 heavy (non-hydrogen) atoms. The third kappa shape index (κ3) is 8.89. The Morgan fingerprint density at radius 2 is 1.46 bits per heavy atom. The number of fused-ring (bicyclic) bond motifs is 1. The molecule has 5 N–H and O–H groups in total. The second kappa shape index (κ2) is 13.8. The molecular weight excluding hydrogens is 476 g/mol. The fraction of sp³-hybridized carbons (Fsp3) is 0.556. The Labute approximate surface area is 217 Å². The van der Waals surface area contributed by atoms with Crippen molar-refractivity contribution in [3.8, 4) is 0 Å². The number of hydrogen-bond acceptors (Lipinski definition) is 6. The van der Waals surface area contributed by atoms with E-state index < -0.39 is 47.9 Å². The lowest BCUT2D eigenvalue weighted by atomic mass is 9.99. The second-order valence-electron chi connectivity index (χ2n) is 10.2. The number of carboxylic acid groups (broad SMARTS) is 1. The maximum absolute atomic E-state index is 13.5. The molecule has 0 radical (unpaired) electrons. The molecule has 0 aliphatic rings. The number of amides is 2. The maximum atomic E-state index is 13.5. The van der Waals surface area contributed by atoms with Crippen molar-refractivity contribution in [3.05, 3.63) is 36.0 Å². The van der Waals surface area contributed by atoms with Gasteiger partial charge >= 0.3 is 11.9 Å². The van der Waals surface area contributed by atoms with Gasteiger partial charge in [0.05, 0.1) is 13.2 Å². The van der Waals surface area contributed by atoms with E-state index in [1.54, 1.807) is 6.20 Å². The molecule has 0 saturated carbocycles. The summed E-state index contributed by atoms with van der Waals surface area (Å²) in [5.41, 5.74) is 1.74. The number of nitrogens with one attached hydrogen (secondary N) is 4. The molecule has 2 amide bonds. The Morgan fingerprint density at radius 1 is 0.892 bits per heavy atom. The van der Waals surface area contributed by atoms with Gasteiger partial charge in [0, 0.05) is 17.1 Å². The molecule has 2 rings (SSSR count). The highest BCUT2D eigenvalue weighted by Crippen LogP contribution is 2.19. The van der Waals surface area contributed by atoms with Gasteiger partial charge in [-0.15, -0.1) is 0 Å². The molecule has 1 aromatic carbocycles. The number of aromatic amines is 1. The van der Waals surface area contributed by atoms with Gasteiger partial charge in [-0.25, -0.2) is 4.79 Å². The van der Waals surface area contributed by atoms with E-state index in [1.165, 1.54) is 14.0 Å².